The van der Waals surface area contributed by atoms with Crippen molar-refractivity contribution in [3.63, 3.8) is 0 Å². The van der Waals surface area contributed by atoms with Crippen LogP contribution in [0.25, 0.3) is 0 Å². The van der Waals surface area contributed by atoms with E-state index < -0.39 is 5.31 Å². The molecule has 4 aromatic rings. The number of hydrogen-bond acceptors (Lipinski definition) is 0. The van der Waals surface area contributed by atoms with Crippen molar-refractivity contribution in [2.24, 2.45) is 0 Å². The monoisotopic (exact) mass is 472 g/mol. The summed E-state index contributed by atoms with van der Waals surface area (Å²) in [7, 11) is 0. The van der Waals surface area contributed by atoms with E-state index in [0.29, 0.717) is 5.66 Å². The van der Waals surface area contributed by atoms with Crippen LogP contribution in [0.1, 0.15) is 28.8 Å². The topological polar surface area (TPSA) is 0 Å². The van der Waals surface area contributed by atoms with Crippen molar-refractivity contribution in [2.75, 3.05) is 0 Å². The van der Waals surface area contributed by atoms with Gasteiger partial charge in [-0.3, -0.25) is 0 Å². The second-order valence-electron chi connectivity index (χ2n) is 8.34. The number of halogens is 1. The van der Waals surface area contributed by atoms with Gasteiger partial charge < -0.3 is 0 Å². The molecule has 0 saturated carbocycles. The van der Waals surface area contributed by atoms with Crippen LogP contribution in [-0.2, 0) is 6.42 Å². The van der Waals surface area contributed by atoms with Crippen LogP contribution >= 0.6 is 20.8 Å². The Balaban J connectivity index is 1.93. The van der Waals surface area contributed by atoms with Gasteiger partial charge in [0.2, 0.25) is 0 Å². The third kappa shape index (κ3) is 2.76. The SMILES string of the molecule is Cc1ccc2c(c1)CCC2P(Br)(c1ccccc1)(c1ccccc1)c1ccccc1. The molecule has 0 saturated heterocycles. The average molecular weight is 473 g/mol. The fraction of sp³-hybridized carbons (Fsp3) is 0.143. The normalized spacial score (nSPS) is 17.1. The number of rotatable bonds is 4. The van der Waals surface area contributed by atoms with E-state index >= 15 is 0 Å². The molecule has 150 valence electrons. The molecule has 1 atom stereocenters. The van der Waals surface area contributed by atoms with Gasteiger partial charge in [0.25, 0.3) is 0 Å². The molecular formula is C28H26BrP. The Hall–Kier alpha value is -2.21. The molecule has 1 unspecified atom stereocenters. The summed E-state index contributed by atoms with van der Waals surface area (Å²) >= 11 is 4.66. The Morgan fingerprint density at radius 2 is 1.13 bits per heavy atom. The fourth-order valence-corrected chi connectivity index (χ4v) is 14.4. The molecule has 4 aromatic carbocycles. The zero-order valence-corrected chi connectivity index (χ0v) is 19.7. The summed E-state index contributed by atoms with van der Waals surface area (Å²) in [4.78, 5) is 0. The summed E-state index contributed by atoms with van der Waals surface area (Å²) in [5.41, 5.74) is 4.77. The first-order chi connectivity index (χ1) is 14.6. The molecule has 2 heteroatoms. The maximum absolute atomic E-state index is 4.66. The Labute approximate surface area is 187 Å². The van der Waals surface area contributed by atoms with E-state index in [0.717, 1.165) is 12.8 Å². The first-order valence-corrected chi connectivity index (χ1v) is 14.9. The van der Waals surface area contributed by atoms with Crippen molar-refractivity contribution < 1.29 is 0 Å². The standard InChI is InChI=1S/C28H26BrP/c1-22-17-19-27-23(21-22)18-20-28(27)30(29,24-11-5-2-6-12-24,25-13-7-3-8-14-25)26-15-9-4-10-16-26/h2-17,19,21,28H,18,20H2,1H3. The van der Waals surface area contributed by atoms with Gasteiger partial charge in [0.1, 0.15) is 0 Å². The van der Waals surface area contributed by atoms with Gasteiger partial charge >= 0.3 is 188 Å². The van der Waals surface area contributed by atoms with Crippen LogP contribution in [0, 0.1) is 6.92 Å². The van der Waals surface area contributed by atoms with Crippen molar-refractivity contribution >= 4 is 36.7 Å². The molecule has 0 aromatic heterocycles. The van der Waals surface area contributed by atoms with E-state index in [1.807, 2.05) is 0 Å². The number of benzene rings is 4. The molecule has 0 nitrogen and oxygen atoms in total. The molecule has 5 rings (SSSR count). The van der Waals surface area contributed by atoms with Crippen LogP contribution in [-0.4, -0.2) is 0 Å². The molecule has 1 aliphatic rings. The van der Waals surface area contributed by atoms with Gasteiger partial charge in [0, 0.05) is 0 Å². The molecule has 0 aliphatic heterocycles. The first-order valence-electron chi connectivity index (χ1n) is 10.6. The van der Waals surface area contributed by atoms with Crippen molar-refractivity contribution in [3.8, 4) is 0 Å². The minimum atomic E-state index is -2.97. The fourth-order valence-electron chi connectivity index (χ4n) is 5.37. The second kappa shape index (κ2) is 7.49. The predicted octanol–water partition coefficient (Wildman–Crippen LogP) is 6.82. The van der Waals surface area contributed by atoms with Crippen LogP contribution in [0.2, 0.25) is 0 Å². The third-order valence-electron chi connectivity index (χ3n) is 6.71. The van der Waals surface area contributed by atoms with Gasteiger partial charge in [-0.05, 0) is 0 Å². The van der Waals surface area contributed by atoms with E-state index in [-0.39, 0.29) is 0 Å². The van der Waals surface area contributed by atoms with Crippen LogP contribution in [0.15, 0.2) is 109 Å². The summed E-state index contributed by atoms with van der Waals surface area (Å²) in [6, 6.07) is 40.6. The van der Waals surface area contributed by atoms with E-state index in [2.05, 4.69) is 132 Å². The number of fused-ring (bicyclic) bond motifs is 1. The average Bonchev–Trinajstić information content (AvgIpc) is 3.24. The molecule has 0 bridgehead atoms. The van der Waals surface area contributed by atoms with Crippen molar-refractivity contribution in [3.05, 3.63) is 126 Å². The summed E-state index contributed by atoms with van der Waals surface area (Å²) in [6.07, 6.45) is 2.29. The Kier molecular flexibility index (Phi) is 4.92. The zero-order valence-electron chi connectivity index (χ0n) is 17.2. The summed E-state index contributed by atoms with van der Waals surface area (Å²) < 4.78 is 0. The molecule has 0 amide bonds. The molecular weight excluding hydrogens is 447 g/mol. The van der Waals surface area contributed by atoms with E-state index in [1.54, 1.807) is 0 Å². The van der Waals surface area contributed by atoms with E-state index in [9.17, 15) is 0 Å². The Morgan fingerprint density at radius 1 is 0.667 bits per heavy atom. The van der Waals surface area contributed by atoms with Crippen LogP contribution in [0.5, 0.6) is 0 Å². The zero-order chi connectivity index (χ0) is 20.6. The predicted molar refractivity (Wildman–Crippen MR) is 136 cm³/mol. The molecule has 0 heterocycles. The Morgan fingerprint density at radius 3 is 1.60 bits per heavy atom. The first kappa shape index (κ1) is 19.7. The third-order valence-corrected chi connectivity index (χ3v) is 17.5. The number of hydrogen-bond donors (Lipinski definition) is 0. The summed E-state index contributed by atoms with van der Waals surface area (Å²) in [6.45, 7) is 2.20. The van der Waals surface area contributed by atoms with Gasteiger partial charge in [-0.25, -0.2) is 0 Å². The minimum absolute atomic E-state index is 0.402. The molecule has 1 aliphatic carbocycles. The van der Waals surface area contributed by atoms with Crippen molar-refractivity contribution in [1.29, 1.82) is 0 Å². The van der Waals surface area contributed by atoms with Crippen LogP contribution in [0.3, 0.4) is 0 Å². The molecule has 30 heavy (non-hydrogen) atoms. The van der Waals surface area contributed by atoms with E-state index in [4.69, 9.17) is 0 Å². The quantitative estimate of drug-likeness (QED) is 0.285. The van der Waals surface area contributed by atoms with Crippen LogP contribution < -0.4 is 15.9 Å². The second-order valence-corrected chi connectivity index (χ2v) is 17.1. The van der Waals surface area contributed by atoms with Gasteiger partial charge in [-0.2, -0.15) is 0 Å². The maximum atomic E-state index is 4.66. The van der Waals surface area contributed by atoms with Crippen LogP contribution in [0.4, 0.5) is 0 Å². The summed E-state index contributed by atoms with van der Waals surface area (Å²) in [5.74, 6) is 0. The molecule has 0 N–H and O–H groups in total. The van der Waals surface area contributed by atoms with Crippen molar-refractivity contribution in [2.45, 2.75) is 25.4 Å². The molecule has 0 spiro atoms. The van der Waals surface area contributed by atoms with Gasteiger partial charge in [-0.1, -0.05) is 0 Å². The molecule has 0 fully saturated rings. The summed E-state index contributed by atoms with van der Waals surface area (Å²) in [5, 5.41) is 1.24. The number of aryl methyl sites for hydroxylation is 2. The van der Waals surface area contributed by atoms with Gasteiger partial charge in [0.05, 0.1) is 0 Å². The van der Waals surface area contributed by atoms with Crippen molar-refractivity contribution in [1.82, 2.24) is 0 Å². The van der Waals surface area contributed by atoms with Gasteiger partial charge in [-0.15, -0.1) is 0 Å². The Bertz CT molecular complexity index is 1070. The van der Waals surface area contributed by atoms with Gasteiger partial charge in [0.15, 0.2) is 0 Å². The molecule has 0 radical (unpaired) electrons. The van der Waals surface area contributed by atoms with E-state index in [1.165, 1.54) is 32.6 Å².